The van der Waals surface area contributed by atoms with Gasteiger partial charge in [-0.3, -0.25) is 4.98 Å². The fraction of sp³-hybridized carbons (Fsp3) is 0.0909. The van der Waals surface area contributed by atoms with Crippen LogP contribution in [0.1, 0.15) is 17.4 Å². The highest BCUT2D eigenvalue weighted by molar-refractivity contribution is 9.10. The number of benzene rings is 1. The van der Waals surface area contributed by atoms with Crippen LogP contribution in [0.2, 0.25) is 0 Å². The molecule has 0 radical (unpaired) electrons. The van der Waals surface area contributed by atoms with Gasteiger partial charge < -0.3 is 5.11 Å². The molecule has 2 aromatic rings. The minimum atomic E-state index is -0.741. The molecule has 15 heavy (non-hydrogen) atoms. The Kier molecular flexibility index (Phi) is 3.08. The lowest BCUT2D eigenvalue weighted by atomic mass is 10.1. The summed E-state index contributed by atoms with van der Waals surface area (Å²) < 4.78 is 0.571. The highest BCUT2D eigenvalue weighted by Gasteiger charge is 2.14. The van der Waals surface area contributed by atoms with Gasteiger partial charge in [0.2, 0.25) is 0 Å². The lowest BCUT2D eigenvalue weighted by molar-refractivity contribution is 0.214. The van der Waals surface area contributed by atoms with Crippen molar-refractivity contribution < 1.29 is 5.11 Å². The van der Waals surface area contributed by atoms with Crippen molar-refractivity contribution in [1.82, 2.24) is 9.97 Å². The molecular formula is C11H9BrN2O. The Morgan fingerprint density at radius 2 is 1.73 bits per heavy atom. The third-order valence-corrected chi connectivity index (χ3v) is 2.66. The smallest absolute Gasteiger partial charge is 0.130 e. The lowest BCUT2D eigenvalue weighted by Crippen LogP contribution is -2.03. The summed E-state index contributed by atoms with van der Waals surface area (Å²) >= 11 is 3.26. The summed E-state index contributed by atoms with van der Waals surface area (Å²) in [7, 11) is 0. The van der Waals surface area contributed by atoms with Crippen molar-refractivity contribution in [1.29, 1.82) is 0 Å². The molecule has 1 N–H and O–H groups in total. The van der Waals surface area contributed by atoms with Gasteiger partial charge >= 0.3 is 0 Å². The summed E-state index contributed by atoms with van der Waals surface area (Å²) in [6.07, 6.45) is 2.40. The molecule has 0 aliphatic rings. The number of aromatic nitrogens is 2. The van der Waals surface area contributed by atoms with Crippen molar-refractivity contribution >= 4 is 15.9 Å². The number of hydrogen-bond acceptors (Lipinski definition) is 3. The Labute approximate surface area is 96.0 Å². The predicted molar refractivity (Wildman–Crippen MR) is 60.2 cm³/mol. The molecular weight excluding hydrogens is 256 g/mol. The van der Waals surface area contributed by atoms with E-state index in [9.17, 15) is 5.11 Å². The van der Waals surface area contributed by atoms with Gasteiger partial charge in [-0.1, -0.05) is 30.3 Å². The monoisotopic (exact) mass is 264 g/mol. The minimum absolute atomic E-state index is 0.531. The van der Waals surface area contributed by atoms with Crippen molar-refractivity contribution in [3.05, 3.63) is 58.6 Å². The van der Waals surface area contributed by atoms with Crippen molar-refractivity contribution in [2.24, 2.45) is 0 Å². The van der Waals surface area contributed by atoms with Crippen LogP contribution in [0.3, 0.4) is 0 Å². The summed E-state index contributed by atoms with van der Waals surface area (Å²) in [6, 6.07) is 9.37. The third-order valence-electron chi connectivity index (χ3n) is 2.05. The molecule has 1 atom stereocenters. The number of hydrogen-bond donors (Lipinski definition) is 1. The standard InChI is InChI=1S/C11H9BrN2O/c12-11-9(13-6-7-14-11)10(15)8-4-2-1-3-5-8/h1-7,10,15H. The zero-order chi connectivity index (χ0) is 10.7. The van der Waals surface area contributed by atoms with Crippen LogP contribution in [0, 0.1) is 0 Å². The molecule has 1 aromatic heterocycles. The topological polar surface area (TPSA) is 46.0 Å². The van der Waals surface area contributed by atoms with Crippen LogP contribution in [-0.4, -0.2) is 15.1 Å². The number of rotatable bonds is 2. The first-order valence-corrected chi connectivity index (χ1v) is 5.28. The van der Waals surface area contributed by atoms with E-state index >= 15 is 0 Å². The molecule has 1 aromatic carbocycles. The zero-order valence-corrected chi connectivity index (χ0v) is 9.42. The molecule has 4 heteroatoms. The van der Waals surface area contributed by atoms with E-state index in [1.165, 1.54) is 0 Å². The fourth-order valence-electron chi connectivity index (χ4n) is 1.31. The molecule has 1 heterocycles. The summed E-state index contributed by atoms with van der Waals surface area (Å²) in [5.41, 5.74) is 1.34. The molecule has 76 valence electrons. The van der Waals surface area contributed by atoms with Crippen LogP contribution in [0.15, 0.2) is 47.3 Å². The molecule has 1 unspecified atom stereocenters. The van der Waals surface area contributed by atoms with Crippen LogP contribution in [0.5, 0.6) is 0 Å². The van der Waals surface area contributed by atoms with Gasteiger partial charge in [-0.15, -0.1) is 0 Å². The van der Waals surface area contributed by atoms with Crippen molar-refractivity contribution in [2.75, 3.05) is 0 Å². The largest absolute Gasteiger partial charge is 0.382 e. The van der Waals surface area contributed by atoms with Crippen LogP contribution < -0.4 is 0 Å². The van der Waals surface area contributed by atoms with Crippen LogP contribution >= 0.6 is 15.9 Å². The van der Waals surface area contributed by atoms with E-state index in [-0.39, 0.29) is 0 Å². The van der Waals surface area contributed by atoms with E-state index in [1.54, 1.807) is 12.4 Å². The van der Waals surface area contributed by atoms with Crippen molar-refractivity contribution in [3.8, 4) is 0 Å². The van der Waals surface area contributed by atoms with E-state index in [4.69, 9.17) is 0 Å². The fourth-order valence-corrected chi connectivity index (χ4v) is 1.75. The molecule has 0 fully saturated rings. The second-order valence-corrected chi connectivity index (χ2v) is 3.80. The van der Waals surface area contributed by atoms with Gasteiger partial charge in [-0.2, -0.15) is 0 Å². The van der Waals surface area contributed by atoms with Crippen LogP contribution in [-0.2, 0) is 0 Å². The molecule has 0 saturated heterocycles. The van der Waals surface area contributed by atoms with Gasteiger partial charge in [0.15, 0.2) is 0 Å². The van der Waals surface area contributed by atoms with E-state index < -0.39 is 6.10 Å². The van der Waals surface area contributed by atoms with E-state index in [1.807, 2.05) is 30.3 Å². The molecule has 0 aliphatic carbocycles. The molecule has 0 spiro atoms. The van der Waals surface area contributed by atoms with E-state index in [0.29, 0.717) is 10.3 Å². The first-order chi connectivity index (χ1) is 7.29. The molecule has 2 rings (SSSR count). The third kappa shape index (κ3) is 2.22. The molecule has 0 bridgehead atoms. The number of halogens is 1. The number of aliphatic hydroxyl groups excluding tert-OH is 1. The maximum atomic E-state index is 10.0. The normalized spacial score (nSPS) is 12.4. The highest BCUT2D eigenvalue weighted by atomic mass is 79.9. The zero-order valence-electron chi connectivity index (χ0n) is 7.84. The van der Waals surface area contributed by atoms with Gasteiger partial charge in [-0.25, -0.2) is 4.98 Å². The Morgan fingerprint density at radius 1 is 1.07 bits per heavy atom. The Hall–Kier alpha value is -1.26. The van der Waals surface area contributed by atoms with E-state index in [2.05, 4.69) is 25.9 Å². The second-order valence-electron chi connectivity index (χ2n) is 3.05. The van der Waals surface area contributed by atoms with Crippen molar-refractivity contribution in [3.63, 3.8) is 0 Å². The minimum Gasteiger partial charge on any atom is -0.382 e. The van der Waals surface area contributed by atoms with Gasteiger partial charge in [0.25, 0.3) is 0 Å². The summed E-state index contributed by atoms with van der Waals surface area (Å²) in [4.78, 5) is 8.12. The van der Waals surface area contributed by atoms with Gasteiger partial charge in [0.1, 0.15) is 16.4 Å². The summed E-state index contributed by atoms with van der Waals surface area (Å²) in [5.74, 6) is 0. The average Bonchev–Trinajstić information content (AvgIpc) is 2.30. The average molecular weight is 265 g/mol. The van der Waals surface area contributed by atoms with E-state index in [0.717, 1.165) is 5.56 Å². The van der Waals surface area contributed by atoms with Crippen LogP contribution in [0.4, 0.5) is 0 Å². The van der Waals surface area contributed by atoms with Gasteiger partial charge in [0.05, 0.1) is 0 Å². The number of aliphatic hydroxyl groups is 1. The molecule has 0 aliphatic heterocycles. The van der Waals surface area contributed by atoms with Crippen molar-refractivity contribution in [2.45, 2.75) is 6.10 Å². The number of nitrogens with zero attached hydrogens (tertiary/aromatic N) is 2. The first-order valence-electron chi connectivity index (χ1n) is 4.48. The second kappa shape index (κ2) is 4.51. The molecule has 0 amide bonds. The lowest BCUT2D eigenvalue weighted by Gasteiger charge is -2.10. The van der Waals surface area contributed by atoms with Gasteiger partial charge in [-0.05, 0) is 21.5 Å². The Balaban J connectivity index is 2.37. The Bertz CT molecular complexity index is 447. The SMILES string of the molecule is OC(c1ccccc1)c1nccnc1Br. The maximum Gasteiger partial charge on any atom is 0.130 e. The summed E-state index contributed by atoms with van der Waals surface area (Å²) in [6.45, 7) is 0. The van der Waals surface area contributed by atoms with Gasteiger partial charge in [0, 0.05) is 12.4 Å². The molecule has 0 saturated carbocycles. The molecule has 3 nitrogen and oxygen atoms in total. The quantitative estimate of drug-likeness (QED) is 0.906. The first kappa shape index (κ1) is 10.3. The Morgan fingerprint density at radius 3 is 2.40 bits per heavy atom. The highest BCUT2D eigenvalue weighted by Crippen LogP contribution is 2.24. The van der Waals surface area contributed by atoms with Crippen LogP contribution in [0.25, 0.3) is 0 Å². The maximum absolute atomic E-state index is 10.0. The summed E-state index contributed by atoms with van der Waals surface area (Å²) in [5, 5.41) is 10.0. The predicted octanol–water partition coefficient (Wildman–Crippen LogP) is 2.32.